The molecule has 0 aromatic rings. The fraction of sp³-hybridized carbons (Fsp3) is 0.846. The third kappa shape index (κ3) is 6.14. The molecule has 0 saturated heterocycles. The Labute approximate surface area is 119 Å². The quantitative estimate of drug-likeness (QED) is 0.783. The van der Waals surface area contributed by atoms with E-state index in [4.69, 9.17) is 16.3 Å². The van der Waals surface area contributed by atoms with Gasteiger partial charge in [0, 0.05) is 6.04 Å². The van der Waals surface area contributed by atoms with Crippen LogP contribution >= 0.6 is 11.6 Å². The normalized spacial score (nSPS) is 23.6. The molecule has 1 saturated carbocycles. The van der Waals surface area contributed by atoms with E-state index in [9.17, 15) is 9.59 Å². The van der Waals surface area contributed by atoms with Crippen LogP contribution in [0.15, 0.2) is 0 Å². The summed E-state index contributed by atoms with van der Waals surface area (Å²) < 4.78 is 5.23. The van der Waals surface area contributed by atoms with E-state index in [2.05, 4.69) is 10.6 Å². The molecule has 19 heavy (non-hydrogen) atoms. The molecule has 2 atom stereocenters. The van der Waals surface area contributed by atoms with E-state index >= 15 is 0 Å². The zero-order chi connectivity index (χ0) is 14.5. The van der Waals surface area contributed by atoms with Gasteiger partial charge in [0.25, 0.3) is 0 Å². The van der Waals surface area contributed by atoms with Crippen molar-refractivity contribution in [2.45, 2.75) is 64.1 Å². The molecule has 0 spiro atoms. The number of hydrogen-bond donors (Lipinski definition) is 2. The molecular weight excluding hydrogens is 268 g/mol. The van der Waals surface area contributed by atoms with Gasteiger partial charge in [-0.15, -0.1) is 11.6 Å². The number of amides is 2. The fourth-order valence-electron chi connectivity index (χ4n) is 2.18. The Hall–Kier alpha value is -0.970. The van der Waals surface area contributed by atoms with Gasteiger partial charge in [0.1, 0.15) is 11.5 Å². The van der Waals surface area contributed by atoms with Crippen molar-refractivity contribution >= 4 is 23.6 Å². The Balaban J connectivity index is 2.52. The number of hydrogen-bond acceptors (Lipinski definition) is 3. The van der Waals surface area contributed by atoms with Crippen LogP contribution in [0.1, 0.15) is 46.5 Å². The number of alkyl halides is 1. The van der Waals surface area contributed by atoms with Crippen LogP contribution in [0.25, 0.3) is 0 Å². The maximum Gasteiger partial charge on any atom is 0.407 e. The van der Waals surface area contributed by atoms with Crippen LogP contribution in [-0.2, 0) is 9.53 Å². The Morgan fingerprint density at radius 3 is 2.16 bits per heavy atom. The van der Waals surface area contributed by atoms with Crippen LogP contribution in [0.4, 0.5) is 4.79 Å². The number of alkyl carbamates (subject to hydrolysis) is 1. The highest BCUT2D eigenvalue weighted by Gasteiger charge is 2.29. The first-order valence-corrected chi connectivity index (χ1v) is 7.20. The van der Waals surface area contributed by atoms with Crippen LogP contribution in [0.5, 0.6) is 0 Å². The van der Waals surface area contributed by atoms with Crippen molar-refractivity contribution in [3.8, 4) is 0 Å². The molecule has 0 heterocycles. The van der Waals surface area contributed by atoms with E-state index in [0.717, 1.165) is 25.7 Å². The number of ether oxygens (including phenoxy) is 1. The van der Waals surface area contributed by atoms with Crippen molar-refractivity contribution in [2.24, 2.45) is 0 Å². The molecular formula is C13H23ClN2O3. The molecule has 2 N–H and O–H groups in total. The summed E-state index contributed by atoms with van der Waals surface area (Å²) in [4.78, 5) is 23.1. The van der Waals surface area contributed by atoms with E-state index in [1.54, 1.807) is 0 Å². The van der Waals surface area contributed by atoms with Crippen LogP contribution in [-0.4, -0.2) is 35.6 Å². The molecule has 1 aliphatic rings. The summed E-state index contributed by atoms with van der Waals surface area (Å²) in [6.07, 6.45) is 3.33. The van der Waals surface area contributed by atoms with Gasteiger partial charge >= 0.3 is 6.09 Å². The first-order chi connectivity index (χ1) is 8.81. The van der Waals surface area contributed by atoms with Gasteiger partial charge in [0.05, 0.1) is 6.04 Å². The van der Waals surface area contributed by atoms with Crippen molar-refractivity contribution in [2.75, 3.05) is 5.88 Å². The predicted octanol–water partition coefficient (Wildman–Crippen LogP) is 2.18. The molecule has 0 aromatic carbocycles. The van der Waals surface area contributed by atoms with Crippen molar-refractivity contribution in [1.29, 1.82) is 0 Å². The zero-order valence-corrected chi connectivity index (χ0v) is 12.5. The summed E-state index contributed by atoms with van der Waals surface area (Å²) in [5, 5.41) is 5.68. The summed E-state index contributed by atoms with van der Waals surface area (Å²) in [6.45, 7) is 5.46. The highest BCUT2D eigenvalue weighted by molar-refractivity contribution is 6.27. The van der Waals surface area contributed by atoms with Gasteiger partial charge < -0.3 is 15.4 Å². The van der Waals surface area contributed by atoms with Gasteiger partial charge in [-0.25, -0.2) is 4.79 Å². The first kappa shape index (κ1) is 16.1. The van der Waals surface area contributed by atoms with Crippen LogP contribution in [0.3, 0.4) is 0 Å². The number of carbonyl (C=O) groups excluding carboxylic acids is 2. The Kier molecular flexibility index (Phi) is 5.91. The molecule has 0 bridgehead atoms. The maximum absolute atomic E-state index is 11.8. The summed E-state index contributed by atoms with van der Waals surface area (Å²) in [7, 11) is 0. The summed E-state index contributed by atoms with van der Waals surface area (Å²) in [5.74, 6) is -0.264. The predicted molar refractivity (Wildman–Crippen MR) is 74.3 cm³/mol. The van der Waals surface area contributed by atoms with Crippen LogP contribution in [0, 0.1) is 0 Å². The van der Waals surface area contributed by atoms with E-state index in [-0.39, 0.29) is 23.9 Å². The van der Waals surface area contributed by atoms with E-state index < -0.39 is 11.7 Å². The molecule has 1 rings (SSSR count). The maximum atomic E-state index is 11.8. The molecule has 0 unspecified atom stereocenters. The van der Waals surface area contributed by atoms with Crippen molar-refractivity contribution in [3.05, 3.63) is 0 Å². The highest BCUT2D eigenvalue weighted by atomic mass is 35.5. The molecule has 0 aromatic heterocycles. The zero-order valence-electron chi connectivity index (χ0n) is 11.8. The fourth-order valence-corrected chi connectivity index (χ4v) is 2.26. The topological polar surface area (TPSA) is 67.4 Å². The lowest BCUT2D eigenvalue weighted by Crippen LogP contribution is -2.54. The van der Waals surface area contributed by atoms with Crippen molar-refractivity contribution in [3.63, 3.8) is 0 Å². The number of halogens is 1. The average Bonchev–Trinajstić information content (AvgIpc) is 2.29. The largest absolute Gasteiger partial charge is 0.444 e. The Bertz CT molecular complexity index is 328. The number of rotatable bonds is 3. The summed E-state index contributed by atoms with van der Waals surface area (Å²) in [5.41, 5.74) is -0.520. The van der Waals surface area contributed by atoms with Crippen molar-refractivity contribution in [1.82, 2.24) is 10.6 Å². The van der Waals surface area contributed by atoms with Crippen LogP contribution in [0.2, 0.25) is 0 Å². The highest BCUT2D eigenvalue weighted by Crippen LogP contribution is 2.19. The summed E-state index contributed by atoms with van der Waals surface area (Å²) >= 11 is 5.49. The lowest BCUT2D eigenvalue weighted by atomic mass is 9.90. The van der Waals surface area contributed by atoms with Gasteiger partial charge in [0.2, 0.25) is 5.91 Å². The first-order valence-electron chi connectivity index (χ1n) is 6.66. The van der Waals surface area contributed by atoms with E-state index in [1.807, 2.05) is 20.8 Å². The number of carbonyl (C=O) groups is 2. The van der Waals surface area contributed by atoms with Gasteiger partial charge in [0.15, 0.2) is 0 Å². The standard InChI is InChI=1S/C13H23ClN2O3/c1-13(2,3)19-12(18)16-10-7-5-4-6-9(10)15-11(17)8-14/h9-10H,4-8H2,1-3H3,(H,15,17)(H,16,18)/t9-,10+/m0/s1. The van der Waals surface area contributed by atoms with E-state index in [1.165, 1.54) is 0 Å². The lowest BCUT2D eigenvalue weighted by molar-refractivity contribution is -0.119. The van der Waals surface area contributed by atoms with Gasteiger partial charge in [-0.3, -0.25) is 4.79 Å². The molecule has 1 aliphatic carbocycles. The molecule has 110 valence electrons. The Morgan fingerprint density at radius 1 is 1.16 bits per heavy atom. The summed E-state index contributed by atoms with van der Waals surface area (Å²) in [6, 6.07) is -0.150. The average molecular weight is 291 g/mol. The molecule has 6 heteroatoms. The molecule has 2 amide bonds. The number of nitrogens with one attached hydrogen (secondary N) is 2. The lowest BCUT2D eigenvalue weighted by Gasteiger charge is -2.33. The third-order valence-corrected chi connectivity index (χ3v) is 3.18. The minimum atomic E-state index is -0.520. The second-order valence-electron chi connectivity index (χ2n) is 5.84. The smallest absolute Gasteiger partial charge is 0.407 e. The monoisotopic (exact) mass is 290 g/mol. The molecule has 1 fully saturated rings. The van der Waals surface area contributed by atoms with Gasteiger partial charge in [-0.05, 0) is 33.6 Å². The second-order valence-corrected chi connectivity index (χ2v) is 6.11. The molecule has 5 nitrogen and oxygen atoms in total. The molecule has 0 radical (unpaired) electrons. The SMILES string of the molecule is CC(C)(C)OC(=O)N[C@@H]1CCCC[C@@H]1NC(=O)CCl. The third-order valence-electron chi connectivity index (χ3n) is 2.94. The Morgan fingerprint density at radius 2 is 1.68 bits per heavy atom. The van der Waals surface area contributed by atoms with Gasteiger partial charge in [-0.1, -0.05) is 12.8 Å². The molecule has 0 aliphatic heterocycles. The van der Waals surface area contributed by atoms with E-state index in [0.29, 0.717) is 0 Å². The van der Waals surface area contributed by atoms with Crippen molar-refractivity contribution < 1.29 is 14.3 Å². The second kappa shape index (κ2) is 6.98. The minimum absolute atomic E-state index is 0.0599. The minimum Gasteiger partial charge on any atom is -0.444 e. The van der Waals surface area contributed by atoms with Crippen LogP contribution < -0.4 is 10.6 Å². The van der Waals surface area contributed by atoms with Gasteiger partial charge in [-0.2, -0.15) is 0 Å².